The molecule has 0 atom stereocenters. The van der Waals surface area contributed by atoms with Gasteiger partial charge in [0.1, 0.15) is 0 Å². The lowest BCUT2D eigenvalue weighted by Crippen LogP contribution is -2.00. The van der Waals surface area contributed by atoms with Crippen LogP contribution in [0.15, 0.2) is 36.4 Å². The van der Waals surface area contributed by atoms with Crippen LogP contribution in [-0.4, -0.2) is 16.3 Å². The number of rotatable bonds is 1. The van der Waals surface area contributed by atoms with Crippen molar-refractivity contribution in [2.45, 2.75) is 0 Å². The molecule has 0 bridgehead atoms. The highest BCUT2D eigenvalue weighted by molar-refractivity contribution is 6.35. The van der Waals surface area contributed by atoms with Gasteiger partial charge in [-0.25, -0.2) is 4.98 Å². The topological polar surface area (TPSA) is 62.3 Å². The molecule has 6 heteroatoms. The summed E-state index contributed by atoms with van der Waals surface area (Å²) in [6.45, 7) is 0.236. The molecular formula is C14H10ClN3O2. The average Bonchev–Trinajstić information content (AvgIpc) is 3.01. The van der Waals surface area contributed by atoms with Crippen LogP contribution >= 0.6 is 11.6 Å². The van der Waals surface area contributed by atoms with Gasteiger partial charge in [-0.15, -0.1) is 0 Å². The summed E-state index contributed by atoms with van der Waals surface area (Å²) in [6.07, 6.45) is 0. The number of fused-ring (bicyclic) bond motifs is 2. The Balaban J connectivity index is 2.00. The van der Waals surface area contributed by atoms with Gasteiger partial charge in [-0.2, -0.15) is 0 Å². The predicted octanol–water partition coefficient (Wildman–Crippen LogP) is 2.99. The summed E-state index contributed by atoms with van der Waals surface area (Å²) in [5.74, 6) is 1.80. The summed E-state index contributed by atoms with van der Waals surface area (Å²) < 4.78 is 12.5. The molecule has 1 aliphatic heterocycles. The van der Waals surface area contributed by atoms with Crippen molar-refractivity contribution < 1.29 is 9.47 Å². The maximum atomic E-state index is 6.27. The fraction of sp³-hybridized carbons (Fsp3) is 0.0714. The SMILES string of the molecule is Nc1nc2cccc(Cl)c2n1-c1ccc2c(c1)OCO2. The molecule has 0 aliphatic carbocycles. The first-order valence-corrected chi connectivity index (χ1v) is 6.44. The number of imidazole rings is 1. The second-order valence-corrected chi connectivity index (χ2v) is 4.86. The first-order valence-electron chi connectivity index (χ1n) is 6.06. The number of anilines is 1. The maximum absolute atomic E-state index is 6.27. The number of hydrogen-bond acceptors (Lipinski definition) is 4. The summed E-state index contributed by atoms with van der Waals surface area (Å²) in [6, 6.07) is 11.1. The van der Waals surface area contributed by atoms with E-state index in [9.17, 15) is 0 Å². The zero-order valence-corrected chi connectivity index (χ0v) is 11.1. The average molecular weight is 288 g/mol. The van der Waals surface area contributed by atoms with Gasteiger partial charge in [0, 0.05) is 6.07 Å². The Kier molecular flexibility index (Phi) is 2.31. The molecule has 0 saturated carbocycles. The third-order valence-electron chi connectivity index (χ3n) is 3.27. The molecule has 0 unspecified atom stereocenters. The summed E-state index contributed by atoms with van der Waals surface area (Å²) in [5.41, 5.74) is 8.40. The Morgan fingerprint density at radius 1 is 1.15 bits per heavy atom. The lowest BCUT2D eigenvalue weighted by Gasteiger charge is -2.08. The molecule has 3 aromatic rings. The number of hydrogen-bond donors (Lipinski definition) is 1. The van der Waals surface area contributed by atoms with E-state index < -0.39 is 0 Å². The van der Waals surface area contributed by atoms with Gasteiger partial charge < -0.3 is 15.2 Å². The van der Waals surface area contributed by atoms with Gasteiger partial charge in [0.15, 0.2) is 11.5 Å². The molecule has 5 nitrogen and oxygen atoms in total. The largest absolute Gasteiger partial charge is 0.454 e. The molecule has 20 heavy (non-hydrogen) atoms. The minimum Gasteiger partial charge on any atom is -0.454 e. The molecule has 2 heterocycles. The smallest absolute Gasteiger partial charge is 0.231 e. The van der Waals surface area contributed by atoms with Crippen molar-refractivity contribution >= 4 is 28.6 Å². The van der Waals surface area contributed by atoms with Crippen LogP contribution in [0.2, 0.25) is 5.02 Å². The summed E-state index contributed by atoms with van der Waals surface area (Å²) in [7, 11) is 0. The van der Waals surface area contributed by atoms with Gasteiger partial charge in [-0.1, -0.05) is 17.7 Å². The Hall–Kier alpha value is -2.40. The van der Waals surface area contributed by atoms with E-state index in [1.54, 1.807) is 4.57 Å². The van der Waals surface area contributed by atoms with Crippen LogP contribution < -0.4 is 15.2 Å². The fourth-order valence-corrected chi connectivity index (χ4v) is 2.64. The number of aromatic nitrogens is 2. The predicted molar refractivity (Wildman–Crippen MR) is 76.6 cm³/mol. The lowest BCUT2D eigenvalue weighted by molar-refractivity contribution is 0.174. The molecule has 0 spiro atoms. The van der Waals surface area contributed by atoms with Crippen LogP contribution in [0.1, 0.15) is 0 Å². The summed E-state index contributed by atoms with van der Waals surface area (Å²) in [4.78, 5) is 4.33. The second kappa shape index (κ2) is 4.05. The van der Waals surface area contributed by atoms with Crippen LogP contribution in [0.3, 0.4) is 0 Å². The van der Waals surface area contributed by atoms with E-state index in [0.717, 1.165) is 22.5 Å². The van der Waals surface area contributed by atoms with Crippen molar-refractivity contribution in [1.82, 2.24) is 9.55 Å². The molecular weight excluding hydrogens is 278 g/mol. The molecule has 4 rings (SSSR count). The monoisotopic (exact) mass is 287 g/mol. The van der Waals surface area contributed by atoms with Crippen LogP contribution in [0.5, 0.6) is 11.5 Å². The fourth-order valence-electron chi connectivity index (χ4n) is 2.39. The highest BCUT2D eigenvalue weighted by Gasteiger charge is 2.17. The Bertz CT molecular complexity index is 829. The number of nitrogen functional groups attached to an aromatic ring is 1. The maximum Gasteiger partial charge on any atom is 0.231 e. The Morgan fingerprint density at radius 3 is 2.90 bits per heavy atom. The molecule has 100 valence electrons. The first kappa shape index (κ1) is 11.4. The van der Waals surface area contributed by atoms with Crippen molar-refractivity contribution in [3.63, 3.8) is 0 Å². The lowest BCUT2D eigenvalue weighted by atomic mass is 10.2. The Labute approximate surface area is 119 Å². The second-order valence-electron chi connectivity index (χ2n) is 4.45. The zero-order chi connectivity index (χ0) is 13.7. The number of ether oxygens (including phenoxy) is 2. The minimum absolute atomic E-state index is 0.236. The zero-order valence-electron chi connectivity index (χ0n) is 10.3. The van der Waals surface area contributed by atoms with Crippen LogP contribution in [-0.2, 0) is 0 Å². The Morgan fingerprint density at radius 2 is 2.00 bits per heavy atom. The molecule has 0 fully saturated rings. The van der Waals surface area contributed by atoms with E-state index in [1.807, 2.05) is 36.4 Å². The first-order chi connectivity index (χ1) is 9.74. The van der Waals surface area contributed by atoms with Crippen molar-refractivity contribution in [3.05, 3.63) is 41.4 Å². The molecule has 0 amide bonds. The third-order valence-corrected chi connectivity index (χ3v) is 3.57. The number of nitrogens with two attached hydrogens (primary N) is 1. The molecule has 2 N–H and O–H groups in total. The molecule has 0 saturated heterocycles. The van der Waals surface area contributed by atoms with E-state index in [0.29, 0.717) is 16.7 Å². The molecule has 1 aromatic heterocycles. The van der Waals surface area contributed by atoms with Gasteiger partial charge >= 0.3 is 0 Å². The van der Waals surface area contributed by atoms with Gasteiger partial charge in [0.2, 0.25) is 12.7 Å². The minimum atomic E-state index is 0.236. The number of para-hydroxylation sites is 1. The van der Waals surface area contributed by atoms with Gasteiger partial charge in [-0.3, -0.25) is 4.57 Å². The highest BCUT2D eigenvalue weighted by Crippen LogP contribution is 2.36. The van der Waals surface area contributed by atoms with E-state index in [1.165, 1.54) is 0 Å². The standard InChI is InChI=1S/C14H10ClN3O2/c15-9-2-1-3-10-13(9)18(14(16)17-10)8-4-5-11-12(6-8)20-7-19-11/h1-6H,7H2,(H2,16,17). The van der Waals surface area contributed by atoms with E-state index in [2.05, 4.69) is 4.98 Å². The number of halogens is 1. The van der Waals surface area contributed by atoms with Crippen LogP contribution in [0.25, 0.3) is 16.7 Å². The summed E-state index contributed by atoms with van der Waals surface area (Å²) in [5, 5.41) is 0.601. The number of nitrogens with zero attached hydrogens (tertiary/aromatic N) is 2. The van der Waals surface area contributed by atoms with Crippen molar-refractivity contribution in [2.75, 3.05) is 12.5 Å². The molecule has 0 radical (unpaired) electrons. The van der Waals surface area contributed by atoms with E-state index in [4.69, 9.17) is 26.8 Å². The van der Waals surface area contributed by atoms with Crippen molar-refractivity contribution in [2.24, 2.45) is 0 Å². The van der Waals surface area contributed by atoms with Crippen LogP contribution in [0.4, 0.5) is 5.95 Å². The van der Waals surface area contributed by atoms with Gasteiger partial charge in [0.25, 0.3) is 0 Å². The van der Waals surface area contributed by atoms with Gasteiger partial charge in [-0.05, 0) is 24.3 Å². The normalized spacial score (nSPS) is 13.1. The highest BCUT2D eigenvalue weighted by atomic mass is 35.5. The van der Waals surface area contributed by atoms with Crippen LogP contribution in [0, 0.1) is 0 Å². The number of benzene rings is 2. The third kappa shape index (κ3) is 1.53. The van der Waals surface area contributed by atoms with Crippen molar-refractivity contribution in [1.29, 1.82) is 0 Å². The summed E-state index contributed by atoms with van der Waals surface area (Å²) >= 11 is 6.27. The van der Waals surface area contributed by atoms with E-state index >= 15 is 0 Å². The van der Waals surface area contributed by atoms with E-state index in [-0.39, 0.29) is 6.79 Å². The molecule has 1 aliphatic rings. The molecule has 2 aromatic carbocycles. The van der Waals surface area contributed by atoms with Gasteiger partial charge in [0.05, 0.1) is 21.7 Å². The quantitative estimate of drug-likeness (QED) is 0.747. The van der Waals surface area contributed by atoms with Crippen molar-refractivity contribution in [3.8, 4) is 17.2 Å².